The lowest BCUT2D eigenvalue weighted by molar-refractivity contribution is -0.133. The number of carbonyl (C=O) groups is 2. The molecule has 27 heavy (non-hydrogen) atoms. The fourth-order valence-electron chi connectivity index (χ4n) is 3.39. The van der Waals surface area contributed by atoms with E-state index < -0.39 is 0 Å². The second-order valence-electron chi connectivity index (χ2n) is 7.15. The Kier molecular flexibility index (Phi) is 6.12. The highest BCUT2D eigenvalue weighted by molar-refractivity contribution is 5.85. The van der Waals surface area contributed by atoms with Gasteiger partial charge in [-0.25, -0.2) is 0 Å². The second-order valence-corrected chi connectivity index (χ2v) is 7.15. The highest BCUT2D eigenvalue weighted by Gasteiger charge is 2.21. The minimum Gasteiger partial charge on any atom is -0.368 e. The highest BCUT2D eigenvalue weighted by Crippen LogP contribution is 2.17. The van der Waals surface area contributed by atoms with E-state index in [1.165, 1.54) is 11.3 Å². The lowest BCUT2D eigenvalue weighted by Crippen LogP contribution is -2.51. The molecule has 5 nitrogen and oxygen atoms in total. The number of anilines is 1. The Bertz CT molecular complexity index is 811. The van der Waals surface area contributed by atoms with Gasteiger partial charge in [0.05, 0.1) is 13.0 Å². The minimum atomic E-state index is -0.118. The van der Waals surface area contributed by atoms with Crippen LogP contribution in [0.2, 0.25) is 0 Å². The van der Waals surface area contributed by atoms with Gasteiger partial charge in [0.25, 0.3) is 0 Å². The van der Waals surface area contributed by atoms with Crippen LogP contribution in [-0.2, 0) is 16.0 Å². The first-order valence-electron chi connectivity index (χ1n) is 9.43. The maximum absolute atomic E-state index is 12.4. The number of benzene rings is 2. The van der Waals surface area contributed by atoms with E-state index >= 15 is 0 Å². The number of amides is 2. The molecule has 0 aliphatic carbocycles. The molecule has 142 valence electrons. The van der Waals surface area contributed by atoms with Crippen molar-refractivity contribution in [2.75, 3.05) is 37.6 Å². The lowest BCUT2D eigenvalue weighted by atomic mass is 10.1. The first-order valence-corrected chi connectivity index (χ1v) is 9.43. The largest absolute Gasteiger partial charge is 0.368 e. The van der Waals surface area contributed by atoms with Crippen molar-refractivity contribution in [3.8, 4) is 0 Å². The molecule has 5 heteroatoms. The van der Waals surface area contributed by atoms with Gasteiger partial charge in [0.2, 0.25) is 11.8 Å². The number of hydrogen-bond donors (Lipinski definition) is 1. The van der Waals surface area contributed by atoms with Gasteiger partial charge in [-0.05, 0) is 37.1 Å². The molecule has 1 aliphatic rings. The molecule has 1 heterocycles. The van der Waals surface area contributed by atoms with Crippen LogP contribution in [0.4, 0.5) is 5.69 Å². The molecule has 2 aromatic rings. The molecule has 0 saturated carbocycles. The average Bonchev–Trinajstić information content (AvgIpc) is 2.66. The van der Waals surface area contributed by atoms with Crippen LogP contribution in [0.5, 0.6) is 0 Å². The van der Waals surface area contributed by atoms with Gasteiger partial charge in [0.15, 0.2) is 0 Å². The quantitative estimate of drug-likeness (QED) is 0.885. The van der Waals surface area contributed by atoms with Crippen LogP contribution in [0.15, 0.2) is 48.5 Å². The Labute approximate surface area is 161 Å². The van der Waals surface area contributed by atoms with Crippen molar-refractivity contribution in [1.29, 1.82) is 0 Å². The van der Waals surface area contributed by atoms with Crippen LogP contribution in [0.25, 0.3) is 0 Å². The van der Waals surface area contributed by atoms with Gasteiger partial charge in [-0.15, -0.1) is 0 Å². The number of rotatable bonds is 5. The summed E-state index contributed by atoms with van der Waals surface area (Å²) in [6.07, 6.45) is 0.302. The number of carbonyl (C=O) groups excluding carboxylic acids is 2. The summed E-state index contributed by atoms with van der Waals surface area (Å²) in [5.41, 5.74) is 4.53. The highest BCUT2D eigenvalue weighted by atomic mass is 16.2. The van der Waals surface area contributed by atoms with Crippen molar-refractivity contribution in [1.82, 2.24) is 10.2 Å². The van der Waals surface area contributed by atoms with Crippen LogP contribution in [0.1, 0.15) is 16.7 Å². The molecule has 2 aromatic carbocycles. The number of nitrogens with one attached hydrogen (secondary N) is 1. The maximum atomic E-state index is 12.4. The van der Waals surface area contributed by atoms with Crippen LogP contribution in [-0.4, -0.2) is 49.4 Å². The molecule has 3 rings (SSSR count). The fourth-order valence-corrected chi connectivity index (χ4v) is 3.39. The van der Waals surface area contributed by atoms with Crippen molar-refractivity contribution >= 4 is 17.5 Å². The van der Waals surface area contributed by atoms with Crippen molar-refractivity contribution in [3.05, 3.63) is 65.2 Å². The zero-order valence-electron chi connectivity index (χ0n) is 16.1. The van der Waals surface area contributed by atoms with Crippen molar-refractivity contribution < 1.29 is 9.59 Å². The molecule has 0 aromatic heterocycles. The van der Waals surface area contributed by atoms with Crippen molar-refractivity contribution in [3.63, 3.8) is 0 Å². The van der Waals surface area contributed by atoms with Gasteiger partial charge in [-0.2, -0.15) is 0 Å². The monoisotopic (exact) mass is 365 g/mol. The first kappa shape index (κ1) is 19.0. The third kappa shape index (κ3) is 5.33. The summed E-state index contributed by atoms with van der Waals surface area (Å²) in [6.45, 7) is 7.14. The molecule has 1 saturated heterocycles. The van der Waals surface area contributed by atoms with E-state index in [0.29, 0.717) is 19.5 Å². The van der Waals surface area contributed by atoms with Gasteiger partial charge in [-0.3, -0.25) is 9.59 Å². The van der Waals surface area contributed by atoms with E-state index in [2.05, 4.69) is 41.4 Å². The number of nitrogens with zero attached hydrogens (tertiary/aromatic N) is 2. The molecule has 0 spiro atoms. The summed E-state index contributed by atoms with van der Waals surface area (Å²) in [5.74, 6) is -0.135. The summed E-state index contributed by atoms with van der Waals surface area (Å²) in [7, 11) is 0. The van der Waals surface area contributed by atoms with Gasteiger partial charge in [0, 0.05) is 31.9 Å². The molecule has 0 bridgehead atoms. The topological polar surface area (TPSA) is 52.7 Å². The first-order chi connectivity index (χ1) is 13.0. The van der Waals surface area contributed by atoms with E-state index in [9.17, 15) is 9.59 Å². The van der Waals surface area contributed by atoms with Crippen LogP contribution in [0, 0.1) is 13.8 Å². The molecule has 0 unspecified atom stereocenters. The molecule has 2 amide bonds. The van der Waals surface area contributed by atoms with E-state index in [-0.39, 0.29) is 18.4 Å². The van der Waals surface area contributed by atoms with Gasteiger partial charge < -0.3 is 15.1 Å². The predicted octanol–water partition coefficient (Wildman–Crippen LogP) is 2.31. The van der Waals surface area contributed by atoms with E-state index in [1.807, 2.05) is 36.1 Å². The second kappa shape index (κ2) is 8.71. The molecule has 1 fully saturated rings. The smallest absolute Gasteiger partial charge is 0.242 e. The van der Waals surface area contributed by atoms with Crippen LogP contribution < -0.4 is 10.2 Å². The predicted molar refractivity (Wildman–Crippen MR) is 108 cm³/mol. The SMILES string of the molecule is Cc1cccc(CC(=O)NCC(=O)N2CCN(c3cccc(C)c3)CC2)c1. The Morgan fingerprint density at radius 2 is 1.59 bits per heavy atom. The lowest BCUT2D eigenvalue weighted by Gasteiger charge is -2.36. The van der Waals surface area contributed by atoms with Gasteiger partial charge in [-0.1, -0.05) is 42.0 Å². The summed E-state index contributed by atoms with van der Waals surface area (Å²) in [4.78, 5) is 28.6. The average molecular weight is 365 g/mol. The van der Waals surface area contributed by atoms with Crippen LogP contribution in [0.3, 0.4) is 0 Å². The minimum absolute atomic E-state index is 0.0171. The van der Waals surface area contributed by atoms with Gasteiger partial charge >= 0.3 is 0 Å². The third-order valence-electron chi connectivity index (χ3n) is 4.88. The Morgan fingerprint density at radius 3 is 2.26 bits per heavy atom. The maximum Gasteiger partial charge on any atom is 0.242 e. The molecule has 1 N–H and O–H groups in total. The van der Waals surface area contributed by atoms with E-state index in [4.69, 9.17) is 0 Å². The third-order valence-corrected chi connectivity index (χ3v) is 4.88. The normalized spacial score (nSPS) is 14.1. The van der Waals surface area contributed by atoms with Crippen molar-refractivity contribution in [2.24, 2.45) is 0 Å². The number of aryl methyl sites for hydroxylation is 2. The summed E-state index contributed by atoms with van der Waals surface area (Å²) >= 11 is 0. The zero-order valence-corrected chi connectivity index (χ0v) is 16.1. The molecular weight excluding hydrogens is 338 g/mol. The summed E-state index contributed by atoms with van der Waals surface area (Å²) in [6, 6.07) is 16.3. The van der Waals surface area contributed by atoms with Gasteiger partial charge in [0.1, 0.15) is 0 Å². The molecule has 0 atom stereocenters. The standard InChI is InChI=1S/C22H27N3O2/c1-17-5-3-7-19(13-17)15-21(26)23-16-22(27)25-11-9-24(10-12-25)20-8-4-6-18(2)14-20/h3-8,13-14H,9-12,15-16H2,1-2H3,(H,23,26). The Hall–Kier alpha value is -2.82. The molecule has 1 aliphatic heterocycles. The van der Waals surface area contributed by atoms with Crippen molar-refractivity contribution in [2.45, 2.75) is 20.3 Å². The Morgan fingerprint density at radius 1 is 0.926 bits per heavy atom. The fraction of sp³-hybridized carbons (Fsp3) is 0.364. The summed E-state index contributed by atoms with van der Waals surface area (Å²) in [5, 5.41) is 2.75. The molecule has 0 radical (unpaired) electrons. The summed E-state index contributed by atoms with van der Waals surface area (Å²) < 4.78 is 0. The van der Waals surface area contributed by atoms with Crippen LogP contribution >= 0.6 is 0 Å². The number of hydrogen-bond acceptors (Lipinski definition) is 3. The van der Waals surface area contributed by atoms with E-state index in [0.717, 1.165) is 24.2 Å². The zero-order chi connectivity index (χ0) is 19.2. The Balaban J connectivity index is 1.43. The number of piperazine rings is 1. The van der Waals surface area contributed by atoms with E-state index in [1.54, 1.807) is 0 Å². The molecular formula is C22H27N3O2.